The number of carbonyl (C=O) groups excluding carboxylic acids is 1. The summed E-state index contributed by atoms with van der Waals surface area (Å²) in [7, 11) is 2.42. The zero-order chi connectivity index (χ0) is 11.6. The molecule has 1 rings (SSSR count). The van der Waals surface area contributed by atoms with Crippen molar-refractivity contribution in [1.82, 2.24) is 0 Å². The third-order valence-corrected chi connectivity index (χ3v) is 1.90. The van der Waals surface area contributed by atoms with Crippen molar-refractivity contribution < 1.29 is 23.0 Å². The zero-order valence-corrected chi connectivity index (χ0v) is 8.56. The van der Waals surface area contributed by atoms with Gasteiger partial charge in [0.2, 0.25) is 0 Å². The van der Waals surface area contributed by atoms with Crippen LogP contribution in [0.1, 0.15) is 17.3 Å². The fourth-order valence-electron chi connectivity index (χ4n) is 1.29. The van der Waals surface area contributed by atoms with Gasteiger partial charge in [0.15, 0.2) is 23.1 Å². The Kier molecular flexibility index (Phi) is 3.24. The molecule has 0 N–H and O–H groups in total. The number of rotatable bonds is 3. The molecule has 0 bridgehead atoms. The summed E-state index contributed by atoms with van der Waals surface area (Å²) in [5, 5.41) is 0. The van der Waals surface area contributed by atoms with Crippen molar-refractivity contribution in [2.24, 2.45) is 0 Å². The van der Waals surface area contributed by atoms with E-state index in [2.05, 4.69) is 0 Å². The normalized spacial score (nSPS) is 9.93. The first-order valence-corrected chi connectivity index (χ1v) is 4.13. The zero-order valence-electron chi connectivity index (χ0n) is 8.56. The average molecular weight is 216 g/mol. The Labute approximate surface area is 85.6 Å². The Morgan fingerprint density at radius 2 is 1.67 bits per heavy atom. The summed E-state index contributed by atoms with van der Waals surface area (Å²) in [5.41, 5.74) is -0.309. The SMILES string of the molecule is COc1c(F)cc(F)c(C(C)=O)c1OC. The van der Waals surface area contributed by atoms with Crippen LogP contribution < -0.4 is 9.47 Å². The minimum Gasteiger partial charge on any atom is -0.492 e. The lowest BCUT2D eigenvalue weighted by Gasteiger charge is -2.12. The Morgan fingerprint density at radius 1 is 1.13 bits per heavy atom. The maximum Gasteiger partial charge on any atom is 0.197 e. The van der Waals surface area contributed by atoms with Crippen LogP contribution in [0.25, 0.3) is 0 Å². The fraction of sp³-hybridized carbons (Fsp3) is 0.300. The van der Waals surface area contributed by atoms with Gasteiger partial charge in [-0.15, -0.1) is 0 Å². The van der Waals surface area contributed by atoms with Crippen molar-refractivity contribution in [3.8, 4) is 11.5 Å². The van der Waals surface area contributed by atoms with Crippen molar-refractivity contribution >= 4 is 5.78 Å². The maximum absolute atomic E-state index is 13.3. The van der Waals surface area contributed by atoms with Gasteiger partial charge < -0.3 is 9.47 Å². The van der Waals surface area contributed by atoms with Crippen LogP contribution in [0, 0.1) is 11.6 Å². The molecule has 0 amide bonds. The smallest absolute Gasteiger partial charge is 0.197 e. The van der Waals surface area contributed by atoms with Crippen LogP contribution in [-0.4, -0.2) is 20.0 Å². The lowest BCUT2D eigenvalue weighted by Crippen LogP contribution is -2.05. The second-order valence-corrected chi connectivity index (χ2v) is 2.84. The number of ketones is 1. The summed E-state index contributed by atoms with van der Waals surface area (Å²) in [4.78, 5) is 11.1. The highest BCUT2D eigenvalue weighted by atomic mass is 19.1. The summed E-state index contributed by atoms with van der Waals surface area (Å²) in [6.45, 7) is 1.16. The molecule has 0 radical (unpaired) electrons. The van der Waals surface area contributed by atoms with Gasteiger partial charge in [-0.3, -0.25) is 4.79 Å². The predicted octanol–water partition coefficient (Wildman–Crippen LogP) is 2.18. The number of methoxy groups -OCH3 is 2. The molecule has 0 aromatic heterocycles. The van der Waals surface area contributed by atoms with Gasteiger partial charge in [-0.1, -0.05) is 0 Å². The minimum absolute atomic E-state index is 0.220. The molecule has 5 heteroatoms. The van der Waals surface area contributed by atoms with Gasteiger partial charge in [0.05, 0.1) is 19.8 Å². The highest BCUT2D eigenvalue weighted by molar-refractivity contribution is 5.98. The number of benzene rings is 1. The summed E-state index contributed by atoms with van der Waals surface area (Å²) < 4.78 is 35.9. The molecule has 0 saturated carbocycles. The van der Waals surface area contributed by atoms with Gasteiger partial charge in [0.25, 0.3) is 0 Å². The Hall–Kier alpha value is -1.65. The molecule has 0 aliphatic rings. The van der Waals surface area contributed by atoms with E-state index in [-0.39, 0.29) is 17.1 Å². The van der Waals surface area contributed by atoms with E-state index in [9.17, 15) is 13.6 Å². The number of ether oxygens (including phenoxy) is 2. The summed E-state index contributed by atoms with van der Waals surface area (Å²) in [6.07, 6.45) is 0. The lowest BCUT2D eigenvalue weighted by atomic mass is 10.1. The molecule has 0 atom stereocenters. The van der Waals surface area contributed by atoms with E-state index in [0.29, 0.717) is 6.07 Å². The molecule has 0 unspecified atom stereocenters. The van der Waals surface area contributed by atoms with Gasteiger partial charge in [-0.2, -0.15) is 0 Å². The van der Waals surface area contributed by atoms with E-state index >= 15 is 0 Å². The molecule has 82 valence electrons. The lowest BCUT2D eigenvalue weighted by molar-refractivity contribution is 0.101. The van der Waals surface area contributed by atoms with E-state index in [4.69, 9.17) is 9.47 Å². The quantitative estimate of drug-likeness (QED) is 0.726. The molecule has 0 aliphatic heterocycles. The van der Waals surface area contributed by atoms with Crippen LogP contribution >= 0.6 is 0 Å². The van der Waals surface area contributed by atoms with Crippen LogP contribution in [0.3, 0.4) is 0 Å². The van der Waals surface area contributed by atoms with Gasteiger partial charge in [-0.05, 0) is 6.92 Å². The molecule has 0 saturated heterocycles. The first-order valence-electron chi connectivity index (χ1n) is 4.13. The number of Topliss-reactive ketones (excluding diaryl/α,β-unsaturated/α-hetero) is 1. The van der Waals surface area contributed by atoms with Gasteiger partial charge >= 0.3 is 0 Å². The molecule has 1 aromatic rings. The molecule has 1 aromatic carbocycles. The number of carbonyl (C=O) groups is 1. The van der Waals surface area contributed by atoms with Crippen LogP contribution in [0.15, 0.2) is 6.07 Å². The van der Waals surface area contributed by atoms with E-state index in [0.717, 1.165) is 6.92 Å². The molecule has 0 aliphatic carbocycles. The highest BCUT2D eigenvalue weighted by Crippen LogP contribution is 2.35. The monoisotopic (exact) mass is 216 g/mol. The van der Waals surface area contributed by atoms with E-state index < -0.39 is 17.4 Å². The van der Waals surface area contributed by atoms with Crippen molar-refractivity contribution in [1.29, 1.82) is 0 Å². The van der Waals surface area contributed by atoms with Crippen LogP contribution in [-0.2, 0) is 0 Å². The minimum atomic E-state index is -0.961. The fourth-order valence-corrected chi connectivity index (χ4v) is 1.29. The second kappa shape index (κ2) is 4.25. The summed E-state index contributed by atoms with van der Waals surface area (Å²) in [5.74, 6) is -2.91. The Balaban J connectivity index is 3.56. The summed E-state index contributed by atoms with van der Waals surface area (Å²) in [6, 6.07) is 0.595. The molecular weight excluding hydrogens is 206 g/mol. The molecule has 0 spiro atoms. The first-order chi connectivity index (χ1) is 7.02. The number of halogens is 2. The van der Waals surface area contributed by atoms with Crippen LogP contribution in [0.4, 0.5) is 8.78 Å². The van der Waals surface area contributed by atoms with Crippen molar-refractivity contribution in [2.75, 3.05) is 14.2 Å². The van der Waals surface area contributed by atoms with Crippen molar-refractivity contribution in [2.45, 2.75) is 6.92 Å². The highest BCUT2D eigenvalue weighted by Gasteiger charge is 2.22. The molecule has 3 nitrogen and oxygen atoms in total. The van der Waals surface area contributed by atoms with Gasteiger partial charge in [0, 0.05) is 6.07 Å². The molecular formula is C10H10F2O3. The largest absolute Gasteiger partial charge is 0.492 e. The van der Waals surface area contributed by atoms with Crippen molar-refractivity contribution in [3.05, 3.63) is 23.3 Å². The number of hydrogen-bond donors (Lipinski definition) is 0. The second-order valence-electron chi connectivity index (χ2n) is 2.84. The first kappa shape index (κ1) is 11.4. The summed E-state index contributed by atoms with van der Waals surface area (Å²) >= 11 is 0. The van der Waals surface area contributed by atoms with E-state index in [1.54, 1.807) is 0 Å². The standard InChI is InChI=1S/C10H10F2O3/c1-5(13)8-6(11)4-7(12)9(14-2)10(8)15-3/h4H,1-3H3. The van der Waals surface area contributed by atoms with Crippen LogP contribution in [0.5, 0.6) is 11.5 Å². The molecule has 15 heavy (non-hydrogen) atoms. The molecule has 0 fully saturated rings. The molecule has 0 heterocycles. The van der Waals surface area contributed by atoms with Crippen LogP contribution in [0.2, 0.25) is 0 Å². The average Bonchev–Trinajstić information content (AvgIpc) is 2.15. The Morgan fingerprint density at radius 3 is 2.07 bits per heavy atom. The van der Waals surface area contributed by atoms with Gasteiger partial charge in [-0.25, -0.2) is 8.78 Å². The van der Waals surface area contributed by atoms with E-state index in [1.807, 2.05) is 0 Å². The maximum atomic E-state index is 13.3. The topological polar surface area (TPSA) is 35.5 Å². The third-order valence-electron chi connectivity index (χ3n) is 1.90. The van der Waals surface area contributed by atoms with Gasteiger partial charge in [0.1, 0.15) is 5.82 Å². The van der Waals surface area contributed by atoms with E-state index in [1.165, 1.54) is 14.2 Å². The van der Waals surface area contributed by atoms with Crippen molar-refractivity contribution in [3.63, 3.8) is 0 Å². The predicted molar refractivity (Wildman–Crippen MR) is 49.5 cm³/mol. The number of hydrogen-bond acceptors (Lipinski definition) is 3. The third kappa shape index (κ3) is 1.91. The Bertz CT molecular complexity index is 402.